The van der Waals surface area contributed by atoms with Crippen LogP contribution in [0.15, 0.2) is 18.2 Å². The Morgan fingerprint density at radius 1 is 1.50 bits per heavy atom. The van der Waals surface area contributed by atoms with Gasteiger partial charge in [0.2, 0.25) is 0 Å². The first kappa shape index (κ1) is 8.61. The summed E-state index contributed by atoms with van der Waals surface area (Å²) in [7, 11) is 0. The fourth-order valence-electron chi connectivity index (χ4n) is 0.795. The molecule has 0 aliphatic rings. The average Bonchev–Trinajstić information content (AvgIpc) is 2.07. The monoisotopic (exact) mass is 163 g/mol. The lowest BCUT2D eigenvalue weighted by atomic mass is 10.2. The van der Waals surface area contributed by atoms with Gasteiger partial charge in [0, 0.05) is 12.0 Å². The van der Waals surface area contributed by atoms with Crippen molar-refractivity contribution in [3.8, 4) is 11.8 Å². The first-order valence-corrected chi connectivity index (χ1v) is 3.78. The third kappa shape index (κ3) is 2.00. The van der Waals surface area contributed by atoms with Gasteiger partial charge >= 0.3 is 0 Å². The number of halogens is 1. The van der Waals surface area contributed by atoms with Crippen molar-refractivity contribution < 1.29 is 4.39 Å². The minimum Gasteiger partial charge on any atom is -0.396 e. The summed E-state index contributed by atoms with van der Waals surface area (Å²) < 4.78 is 12.8. The number of hydrogen-bond donors (Lipinski definition) is 1. The summed E-state index contributed by atoms with van der Waals surface area (Å²) in [6, 6.07) is 4.58. The van der Waals surface area contributed by atoms with Crippen molar-refractivity contribution in [2.75, 3.05) is 5.73 Å². The van der Waals surface area contributed by atoms with Gasteiger partial charge in [-0.2, -0.15) is 0 Å². The quantitative estimate of drug-likeness (QED) is 0.460. The van der Waals surface area contributed by atoms with Crippen molar-refractivity contribution in [2.45, 2.75) is 13.3 Å². The van der Waals surface area contributed by atoms with Crippen molar-refractivity contribution in [3.05, 3.63) is 29.6 Å². The number of rotatable bonds is 0. The fourth-order valence-corrected chi connectivity index (χ4v) is 0.795. The minimum absolute atomic E-state index is 0.164. The van der Waals surface area contributed by atoms with E-state index in [1.54, 1.807) is 6.07 Å². The van der Waals surface area contributed by atoms with Gasteiger partial charge < -0.3 is 5.73 Å². The van der Waals surface area contributed by atoms with Crippen LogP contribution < -0.4 is 5.73 Å². The van der Waals surface area contributed by atoms with Gasteiger partial charge in [0.1, 0.15) is 5.82 Å². The van der Waals surface area contributed by atoms with Crippen LogP contribution in [0.5, 0.6) is 0 Å². The van der Waals surface area contributed by atoms with Gasteiger partial charge in [-0.15, -0.1) is 0 Å². The molecule has 0 amide bonds. The van der Waals surface area contributed by atoms with E-state index in [0.717, 1.165) is 6.42 Å². The largest absolute Gasteiger partial charge is 0.396 e. The number of nitrogens with two attached hydrogens (primary N) is 1. The molecule has 1 nitrogen and oxygen atoms in total. The highest BCUT2D eigenvalue weighted by molar-refractivity contribution is 5.46. The van der Waals surface area contributed by atoms with E-state index in [-0.39, 0.29) is 5.69 Å². The third-order valence-corrected chi connectivity index (χ3v) is 1.41. The SMILES string of the molecule is CCC#Cc1ccc(N)c(F)c1. The third-order valence-electron chi connectivity index (χ3n) is 1.41. The Morgan fingerprint density at radius 3 is 2.83 bits per heavy atom. The van der Waals surface area contributed by atoms with Crippen molar-refractivity contribution in [1.82, 2.24) is 0 Å². The Kier molecular flexibility index (Phi) is 2.71. The highest BCUT2D eigenvalue weighted by atomic mass is 19.1. The Morgan fingerprint density at radius 2 is 2.25 bits per heavy atom. The zero-order valence-electron chi connectivity index (χ0n) is 6.89. The van der Waals surface area contributed by atoms with E-state index in [2.05, 4.69) is 11.8 Å². The lowest BCUT2D eigenvalue weighted by Crippen LogP contribution is -1.90. The summed E-state index contributed by atoms with van der Waals surface area (Å²) in [5, 5.41) is 0. The zero-order chi connectivity index (χ0) is 8.97. The highest BCUT2D eigenvalue weighted by Gasteiger charge is 1.96. The van der Waals surface area contributed by atoms with Gasteiger partial charge in [-0.1, -0.05) is 18.8 Å². The maximum absolute atomic E-state index is 12.8. The Labute approximate surface area is 71.4 Å². The summed E-state index contributed by atoms with van der Waals surface area (Å²) in [5.74, 6) is 5.27. The summed E-state index contributed by atoms with van der Waals surface area (Å²) in [4.78, 5) is 0. The lowest BCUT2D eigenvalue weighted by molar-refractivity contribution is 0.632. The molecule has 0 unspecified atom stereocenters. The molecule has 62 valence electrons. The smallest absolute Gasteiger partial charge is 0.147 e. The van der Waals surface area contributed by atoms with Gasteiger partial charge in [0.25, 0.3) is 0 Å². The molecule has 0 fully saturated rings. The lowest BCUT2D eigenvalue weighted by Gasteiger charge is -1.95. The van der Waals surface area contributed by atoms with Crippen LogP contribution in [0, 0.1) is 17.7 Å². The van der Waals surface area contributed by atoms with Crippen LogP contribution in [0.4, 0.5) is 10.1 Å². The van der Waals surface area contributed by atoms with E-state index in [1.165, 1.54) is 12.1 Å². The number of benzene rings is 1. The van der Waals surface area contributed by atoms with Crippen LogP contribution in [0.2, 0.25) is 0 Å². The molecule has 1 aromatic rings. The number of hydrogen-bond acceptors (Lipinski definition) is 1. The number of nitrogen functional groups attached to an aromatic ring is 1. The molecule has 0 atom stereocenters. The van der Waals surface area contributed by atoms with E-state index >= 15 is 0 Å². The summed E-state index contributed by atoms with van der Waals surface area (Å²) in [6.45, 7) is 1.95. The molecule has 0 aliphatic carbocycles. The standard InChI is InChI=1S/C10H10FN/c1-2-3-4-8-5-6-10(12)9(11)7-8/h5-7H,2,12H2,1H3. The van der Waals surface area contributed by atoms with Crippen LogP contribution in [-0.2, 0) is 0 Å². The van der Waals surface area contributed by atoms with Gasteiger partial charge in [0.15, 0.2) is 0 Å². The van der Waals surface area contributed by atoms with E-state index < -0.39 is 5.82 Å². The summed E-state index contributed by atoms with van der Waals surface area (Å²) in [5.41, 5.74) is 6.13. The van der Waals surface area contributed by atoms with Crippen LogP contribution >= 0.6 is 0 Å². The average molecular weight is 163 g/mol. The molecule has 0 heterocycles. The van der Waals surface area contributed by atoms with Crippen molar-refractivity contribution in [3.63, 3.8) is 0 Å². The molecule has 2 heteroatoms. The molecule has 0 aliphatic heterocycles. The highest BCUT2D eigenvalue weighted by Crippen LogP contribution is 2.10. The van der Waals surface area contributed by atoms with Crippen molar-refractivity contribution in [1.29, 1.82) is 0 Å². The van der Waals surface area contributed by atoms with Crippen LogP contribution in [0.25, 0.3) is 0 Å². The molecule has 0 saturated carbocycles. The molecule has 0 saturated heterocycles. The Hall–Kier alpha value is -1.49. The van der Waals surface area contributed by atoms with Gasteiger partial charge in [0.05, 0.1) is 5.69 Å². The molecule has 1 rings (SSSR count). The second-order valence-corrected chi connectivity index (χ2v) is 2.39. The minimum atomic E-state index is -0.405. The van der Waals surface area contributed by atoms with E-state index in [0.29, 0.717) is 5.56 Å². The molecular formula is C10H10FN. The first-order valence-electron chi connectivity index (χ1n) is 3.78. The van der Waals surface area contributed by atoms with Crippen LogP contribution in [0.3, 0.4) is 0 Å². The van der Waals surface area contributed by atoms with Gasteiger partial charge in [-0.3, -0.25) is 0 Å². The van der Waals surface area contributed by atoms with Crippen LogP contribution in [-0.4, -0.2) is 0 Å². The topological polar surface area (TPSA) is 26.0 Å². The van der Waals surface area contributed by atoms with Gasteiger partial charge in [-0.25, -0.2) is 4.39 Å². The van der Waals surface area contributed by atoms with Crippen molar-refractivity contribution in [2.24, 2.45) is 0 Å². The fraction of sp³-hybridized carbons (Fsp3) is 0.200. The van der Waals surface area contributed by atoms with Crippen molar-refractivity contribution >= 4 is 5.69 Å². The first-order chi connectivity index (χ1) is 5.74. The molecule has 1 aromatic carbocycles. The normalized spacial score (nSPS) is 8.83. The van der Waals surface area contributed by atoms with E-state index in [1.807, 2.05) is 6.92 Å². The maximum Gasteiger partial charge on any atom is 0.147 e. The molecule has 0 bridgehead atoms. The Bertz CT molecular complexity index is 333. The molecule has 0 radical (unpaired) electrons. The molecule has 0 aromatic heterocycles. The van der Waals surface area contributed by atoms with Gasteiger partial charge in [-0.05, 0) is 18.2 Å². The predicted molar refractivity (Wildman–Crippen MR) is 48.0 cm³/mol. The Balaban J connectivity index is 2.97. The van der Waals surface area contributed by atoms with Crippen LogP contribution in [0.1, 0.15) is 18.9 Å². The van der Waals surface area contributed by atoms with E-state index in [4.69, 9.17) is 5.73 Å². The molecule has 2 N–H and O–H groups in total. The summed E-state index contributed by atoms with van der Waals surface area (Å²) in [6.07, 6.45) is 0.770. The second-order valence-electron chi connectivity index (χ2n) is 2.39. The van der Waals surface area contributed by atoms with E-state index in [9.17, 15) is 4.39 Å². The predicted octanol–water partition coefficient (Wildman–Crippen LogP) is 2.17. The molecule has 12 heavy (non-hydrogen) atoms. The zero-order valence-corrected chi connectivity index (χ0v) is 6.89. The second kappa shape index (κ2) is 3.77. The summed E-state index contributed by atoms with van der Waals surface area (Å²) >= 11 is 0. The molecular weight excluding hydrogens is 153 g/mol. The maximum atomic E-state index is 12.8. The molecule has 0 spiro atoms. The number of anilines is 1.